The van der Waals surface area contributed by atoms with Crippen LogP contribution in [0.25, 0.3) is 0 Å². The molecule has 130 valence electrons. The smallest absolute Gasteiger partial charge is 0.257 e. The third-order valence-electron chi connectivity index (χ3n) is 3.07. The number of carbonyl (C=O) groups excluding carboxylic acids is 1. The topological polar surface area (TPSA) is 102 Å². The van der Waals surface area contributed by atoms with E-state index in [1.807, 2.05) is 0 Å². The van der Waals surface area contributed by atoms with Gasteiger partial charge in [-0.15, -0.1) is 0 Å². The first-order chi connectivity index (χ1) is 10.4. The number of hydrogen-bond acceptors (Lipinski definition) is 5. The second kappa shape index (κ2) is 7.04. The molecule has 1 rings (SSSR count). The van der Waals surface area contributed by atoms with Gasteiger partial charge in [-0.2, -0.15) is 0 Å². The van der Waals surface area contributed by atoms with Crippen LogP contribution in [0.5, 0.6) is 5.75 Å². The lowest BCUT2D eigenvalue weighted by atomic mass is 10.1. The number of nitrogens with two attached hydrogens (primary N) is 1. The maximum absolute atomic E-state index is 12.7. The van der Waals surface area contributed by atoms with Crippen molar-refractivity contribution < 1.29 is 17.9 Å². The Balaban J connectivity index is 3.56. The summed E-state index contributed by atoms with van der Waals surface area (Å²) >= 11 is 6.00. The van der Waals surface area contributed by atoms with Gasteiger partial charge in [-0.25, -0.2) is 13.1 Å². The van der Waals surface area contributed by atoms with Crippen LogP contribution in [0.15, 0.2) is 17.0 Å². The minimum absolute atomic E-state index is 0.0616. The Bertz CT molecular complexity index is 702. The Morgan fingerprint density at radius 2 is 1.96 bits per heavy atom. The third-order valence-corrected chi connectivity index (χ3v) is 4.99. The van der Waals surface area contributed by atoms with Gasteiger partial charge in [0.2, 0.25) is 10.0 Å². The monoisotopic (exact) mass is 363 g/mol. The summed E-state index contributed by atoms with van der Waals surface area (Å²) in [7, 11) is 0.404. The van der Waals surface area contributed by atoms with E-state index in [-0.39, 0.29) is 27.8 Å². The number of amides is 1. The second-order valence-electron chi connectivity index (χ2n) is 5.88. The van der Waals surface area contributed by atoms with Crippen LogP contribution in [0.2, 0.25) is 5.02 Å². The SMILES string of the molecule is COc1c(C(=O)N(C)C)cc(Cl)cc1S(=O)(=O)NC(C)(C)CN. The van der Waals surface area contributed by atoms with E-state index in [0.717, 1.165) is 0 Å². The highest BCUT2D eigenvalue weighted by atomic mass is 35.5. The Kier molecular flexibility index (Phi) is 6.03. The van der Waals surface area contributed by atoms with E-state index < -0.39 is 21.5 Å². The fourth-order valence-corrected chi connectivity index (χ4v) is 3.76. The Morgan fingerprint density at radius 3 is 2.39 bits per heavy atom. The second-order valence-corrected chi connectivity index (χ2v) is 7.97. The molecule has 7 nitrogen and oxygen atoms in total. The first-order valence-electron chi connectivity index (χ1n) is 6.78. The summed E-state index contributed by atoms with van der Waals surface area (Å²) in [4.78, 5) is 13.3. The third kappa shape index (κ3) is 4.57. The fourth-order valence-electron chi connectivity index (χ4n) is 1.84. The molecule has 0 fully saturated rings. The lowest BCUT2D eigenvalue weighted by Gasteiger charge is -2.25. The lowest BCUT2D eigenvalue weighted by molar-refractivity contribution is 0.0824. The highest BCUT2D eigenvalue weighted by molar-refractivity contribution is 7.89. The molecular weight excluding hydrogens is 342 g/mol. The van der Waals surface area contributed by atoms with Gasteiger partial charge < -0.3 is 15.4 Å². The summed E-state index contributed by atoms with van der Waals surface area (Å²) in [6, 6.07) is 2.61. The summed E-state index contributed by atoms with van der Waals surface area (Å²) in [5.41, 5.74) is 4.77. The van der Waals surface area contributed by atoms with Gasteiger partial charge in [0.25, 0.3) is 5.91 Å². The minimum atomic E-state index is -3.99. The summed E-state index contributed by atoms with van der Waals surface area (Å²) < 4.78 is 33.0. The molecule has 0 unspecified atom stereocenters. The van der Waals surface area contributed by atoms with E-state index in [9.17, 15) is 13.2 Å². The molecule has 0 aliphatic carbocycles. The van der Waals surface area contributed by atoms with E-state index in [1.54, 1.807) is 27.9 Å². The number of nitrogens with one attached hydrogen (secondary N) is 1. The molecule has 0 spiro atoms. The number of hydrogen-bond donors (Lipinski definition) is 2. The molecule has 1 aromatic carbocycles. The highest BCUT2D eigenvalue weighted by Gasteiger charge is 2.30. The standard InChI is InChI=1S/C14H22ClN3O4S/c1-14(2,8-16)17-23(20,21)11-7-9(15)6-10(12(11)22-5)13(19)18(3)4/h6-7,17H,8,16H2,1-5H3. The van der Waals surface area contributed by atoms with Crippen molar-refractivity contribution in [1.29, 1.82) is 0 Å². The fraction of sp³-hybridized carbons (Fsp3) is 0.500. The van der Waals surface area contributed by atoms with E-state index in [0.29, 0.717) is 0 Å². The Hall–Kier alpha value is -1.35. The first kappa shape index (κ1) is 19.7. The zero-order valence-electron chi connectivity index (χ0n) is 13.8. The van der Waals surface area contributed by atoms with Crippen molar-refractivity contribution in [2.24, 2.45) is 5.73 Å². The van der Waals surface area contributed by atoms with E-state index in [1.165, 1.54) is 24.1 Å². The van der Waals surface area contributed by atoms with Crippen molar-refractivity contribution in [2.45, 2.75) is 24.3 Å². The van der Waals surface area contributed by atoms with Gasteiger partial charge in [-0.1, -0.05) is 11.6 Å². The Labute approximate surface area is 141 Å². The quantitative estimate of drug-likeness (QED) is 0.787. The zero-order valence-corrected chi connectivity index (χ0v) is 15.4. The number of ether oxygens (including phenoxy) is 1. The number of methoxy groups -OCH3 is 1. The van der Waals surface area contributed by atoms with Crippen LogP contribution in [0.3, 0.4) is 0 Å². The molecule has 0 saturated heterocycles. The molecule has 0 heterocycles. The predicted molar refractivity (Wildman–Crippen MR) is 89.5 cm³/mol. The van der Waals surface area contributed by atoms with Crippen molar-refractivity contribution in [1.82, 2.24) is 9.62 Å². The number of sulfonamides is 1. The number of halogens is 1. The lowest BCUT2D eigenvalue weighted by Crippen LogP contribution is -2.48. The molecule has 0 saturated carbocycles. The number of rotatable bonds is 6. The maximum Gasteiger partial charge on any atom is 0.257 e. The van der Waals surface area contributed by atoms with Gasteiger partial charge in [-0.05, 0) is 26.0 Å². The normalized spacial score (nSPS) is 12.1. The molecule has 1 aromatic rings. The van der Waals surface area contributed by atoms with Crippen LogP contribution >= 0.6 is 11.6 Å². The number of carbonyl (C=O) groups is 1. The van der Waals surface area contributed by atoms with E-state index >= 15 is 0 Å². The van der Waals surface area contributed by atoms with Crippen LogP contribution in [0, 0.1) is 0 Å². The molecule has 3 N–H and O–H groups in total. The van der Waals surface area contributed by atoms with Crippen LogP contribution < -0.4 is 15.2 Å². The Morgan fingerprint density at radius 1 is 1.39 bits per heavy atom. The zero-order chi connectivity index (χ0) is 18.0. The van der Waals surface area contributed by atoms with Gasteiger partial charge in [0.15, 0.2) is 5.75 Å². The van der Waals surface area contributed by atoms with Gasteiger partial charge >= 0.3 is 0 Å². The molecule has 0 aliphatic rings. The maximum atomic E-state index is 12.7. The number of benzene rings is 1. The van der Waals surface area contributed by atoms with Crippen LogP contribution in [-0.4, -0.2) is 52.5 Å². The molecule has 0 aliphatic heterocycles. The summed E-state index contributed by atoms with van der Waals surface area (Å²) in [6.07, 6.45) is 0. The summed E-state index contributed by atoms with van der Waals surface area (Å²) in [5.74, 6) is -0.479. The van der Waals surface area contributed by atoms with Crippen LogP contribution in [-0.2, 0) is 10.0 Å². The van der Waals surface area contributed by atoms with Gasteiger partial charge in [0.05, 0.1) is 12.7 Å². The first-order valence-corrected chi connectivity index (χ1v) is 8.64. The molecular formula is C14H22ClN3O4S. The molecule has 0 aromatic heterocycles. The average molecular weight is 364 g/mol. The molecule has 9 heteroatoms. The van der Waals surface area contributed by atoms with Gasteiger partial charge in [-0.3, -0.25) is 4.79 Å². The molecule has 1 amide bonds. The van der Waals surface area contributed by atoms with Crippen molar-refractivity contribution in [3.8, 4) is 5.75 Å². The van der Waals surface area contributed by atoms with E-state index in [4.69, 9.17) is 22.1 Å². The van der Waals surface area contributed by atoms with Crippen LogP contribution in [0.1, 0.15) is 24.2 Å². The van der Waals surface area contributed by atoms with Crippen molar-refractivity contribution in [3.05, 3.63) is 22.7 Å². The molecule has 0 radical (unpaired) electrons. The van der Waals surface area contributed by atoms with Crippen molar-refractivity contribution >= 4 is 27.5 Å². The van der Waals surface area contributed by atoms with Crippen LogP contribution in [0.4, 0.5) is 0 Å². The summed E-state index contributed by atoms with van der Waals surface area (Å²) in [5, 5.41) is 0.113. The molecule has 23 heavy (non-hydrogen) atoms. The van der Waals surface area contributed by atoms with Gasteiger partial charge in [0, 0.05) is 31.2 Å². The van der Waals surface area contributed by atoms with Gasteiger partial charge in [0.1, 0.15) is 4.90 Å². The predicted octanol–water partition coefficient (Wildman–Crippen LogP) is 1.07. The van der Waals surface area contributed by atoms with Crippen molar-refractivity contribution in [3.63, 3.8) is 0 Å². The minimum Gasteiger partial charge on any atom is -0.494 e. The highest BCUT2D eigenvalue weighted by Crippen LogP contribution is 2.33. The average Bonchev–Trinajstić information content (AvgIpc) is 2.44. The summed E-state index contributed by atoms with van der Waals surface area (Å²) in [6.45, 7) is 3.39. The molecule has 0 atom stereocenters. The largest absolute Gasteiger partial charge is 0.494 e. The number of nitrogens with zero attached hydrogens (tertiary/aromatic N) is 1. The van der Waals surface area contributed by atoms with Crippen molar-refractivity contribution in [2.75, 3.05) is 27.7 Å². The molecule has 0 bridgehead atoms. The van der Waals surface area contributed by atoms with E-state index in [2.05, 4.69) is 4.72 Å².